The van der Waals surface area contributed by atoms with Crippen molar-refractivity contribution in [2.45, 2.75) is 25.4 Å². The van der Waals surface area contributed by atoms with E-state index in [0.717, 1.165) is 4.47 Å². The first-order valence-electron chi connectivity index (χ1n) is 5.60. The molecule has 2 nitrogen and oxygen atoms in total. The minimum absolute atomic E-state index is 0.0370. The van der Waals surface area contributed by atoms with Gasteiger partial charge in [-0.3, -0.25) is 0 Å². The first-order chi connectivity index (χ1) is 7.79. The van der Waals surface area contributed by atoms with Crippen LogP contribution >= 0.6 is 15.9 Å². The molecule has 0 aliphatic heterocycles. The fourth-order valence-electron chi connectivity index (χ4n) is 2.17. The van der Waals surface area contributed by atoms with Crippen LogP contribution in [0.4, 0.5) is 4.39 Å². The molecule has 0 saturated carbocycles. The molecule has 0 aliphatic carbocycles. The van der Waals surface area contributed by atoms with E-state index in [4.69, 9.17) is 0 Å². The Morgan fingerprint density at radius 3 is 2.41 bits per heavy atom. The highest BCUT2D eigenvalue weighted by molar-refractivity contribution is 9.10. The zero-order valence-corrected chi connectivity index (χ0v) is 12.6. The fraction of sp³-hybridized carbons (Fsp3) is 0.538. The molecule has 0 fully saturated rings. The summed E-state index contributed by atoms with van der Waals surface area (Å²) in [5.74, 6) is -0.171. The molecule has 1 aromatic carbocycles. The molecule has 17 heavy (non-hydrogen) atoms. The summed E-state index contributed by atoms with van der Waals surface area (Å²) in [4.78, 5) is 2.03. The largest absolute Gasteiger partial charge is 0.313 e. The Morgan fingerprint density at radius 2 is 1.94 bits per heavy atom. The van der Waals surface area contributed by atoms with E-state index in [1.54, 1.807) is 6.07 Å². The van der Waals surface area contributed by atoms with Crippen molar-refractivity contribution in [3.8, 4) is 0 Å². The molecule has 0 aliphatic rings. The van der Waals surface area contributed by atoms with Gasteiger partial charge in [-0.15, -0.1) is 0 Å². The highest BCUT2D eigenvalue weighted by Gasteiger charge is 2.32. The average molecular weight is 303 g/mol. The molecule has 1 rings (SSSR count). The Kier molecular flexibility index (Phi) is 4.69. The van der Waals surface area contributed by atoms with E-state index in [9.17, 15) is 4.39 Å². The van der Waals surface area contributed by atoms with E-state index in [1.807, 2.05) is 32.1 Å². The highest BCUT2D eigenvalue weighted by Crippen LogP contribution is 2.32. The summed E-state index contributed by atoms with van der Waals surface area (Å²) in [7, 11) is 5.82. The van der Waals surface area contributed by atoms with Crippen LogP contribution in [0.1, 0.15) is 25.5 Å². The fourth-order valence-corrected chi connectivity index (χ4v) is 2.55. The molecule has 0 radical (unpaired) electrons. The summed E-state index contributed by atoms with van der Waals surface area (Å²) >= 11 is 3.40. The first kappa shape index (κ1) is 14.6. The van der Waals surface area contributed by atoms with E-state index in [0.29, 0.717) is 5.56 Å². The smallest absolute Gasteiger partial charge is 0.128 e. The lowest BCUT2D eigenvalue weighted by molar-refractivity contribution is 0.173. The number of benzene rings is 1. The zero-order chi connectivity index (χ0) is 13.2. The van der Waals surface area contributed by atoms with E-state index < -0.39 is 0 Å². The van der Waals surface area contributed by atoms with E-state index in [1.165, 1.54) is 6.07 Å². The lowest BCUT2D eigenvalue weighted by Gasteiger charge is -2.39. The van der Waals surface area contributed by atoms with Crippen LogP contribution in [0.5, 0.6) is 0 Å². The number of nitrogens with one attached hydrogen (secondary N) is 1. The number of hydrogen-bond acceptors (Lipinski definition) is 2. The highest BCUT2D eigenvalue weighted by atomic mass is 79.9. The summed E-state index contributed by atoms with van der Waals surface area (Å²) in [5.41, 5.74) is 0.481. The van der Waals surface area contributed by atoms with Gasteiger partial charge in [0.2, 0.25) is 0 Å². The Hall–Kier alpha value is -0.450. The molecular weight excluding hydrogens is 283 g/mol. The van der Waals surface area contributed by atoms with Gasteiger partial charge < -0.3 is 10.2 Å². The van der Waals surface area contributed by atoms with Crippen LogP contribution in [0.25, 0.3) is 0 Å². The van der Waals surface area contributed by atoms with Gasteiger partial charge in [-0.25, -0.2) is 4.39 Å². The molecule has 1 unspecified atom stereocenters. The molecule has 1 aromatic rings. The van der Waals surface area contributed by atoms with Crippen molar-refractivity contribution in [3.05, 3.63) is 34.1 Å². The predicted octanol–water partition coefficient (Wildman–Crippen LogP) is 3.19. The summed E-state index contributed by atoms with van der Waals surface area (Å²) in [6.45, 7) is 4.13. The van der Waals surface area contributed by atoms with Crippen molar-refractivity contribution < 1.29 is 4.39 Å². The van der Waals surface area contributed by atoms with Crippen molar-refractivity contribution in [1.82, 2.24) is 10.2 Å². The summed E-state index contributed by atoms with van der Waals surface area (Å²) in [6, 6.07) is 5.03. The quantitative estimate of drug-likeness (QED) is 0.919. The van der Waals surface area contributed by atoms with Crippen LogP contribution in [0, 0.1) is 5.82 Å². The maximum absolute atomic E-state index is 14.0. The van der Waals surface area contributed by atoms with Crippen LogP contribution in [-0.2, 0) is 0 Å². The predicted molar refractivity (Wildman–Crippen MR) is 73.7 cm³/mol. The molecule has 0 aromatic heterocycles. The number of rotatable bonds is 4. The second-order valence-electron chi connectivity index (χ2n) is 5.00. The molecule has 0 spiro atoms. The summed E-state index contributed by atoms with van der Waals surface area (Å²) < 4.78 is 14.9. The van der Waals surface area contributed by atoms with Gasteiger partial charge in [0.1, 0.15) is 5.82 Å². The van der Waals surface area contributed by atoms with Gasteiger partial charge in [0.05, 0.1) is 6.04 Å². The van der Waals surface area contributed by atoms with Crippen molar-refractivity contribution in [2.24, 2.45) is 0 Å². The Bertz CT molecular complexity index is 391. The van der Waals surface area contributed by atoms with Crippen molar-refractivity contribution in [3.63, 3.8) is 0 Å². The van der Waals surface area contributed by atoms with E-state index in [-0.39, 0.29) is 17.4 Å². The second kappa shape index (κ2) is 5.46. The molecule has 0 amide bonds. The molecule has 1 N–H and O–H groups in total. The maximum Gasteiger partial charge on any atom is 0.128 e. The molecule has 96 valence electrons. The van der Waals surface area contributed by atoms with Gasteiger partial charge in [0.15, 0.2) is 0 Å². The summed E-state index contributed by atoms with van der Waals surface area (Å²) in [6.07, 6.45) is 0. The van der Waals surface area contributed by atoms with E-state index >= 15 is 0 Å². The number of likely N-dealkylation sites (N-methyl/N-ethyl adjacent to an activating group) is 2. The number of halogens is 2. The van der Waals surface area contributed by atoms with Crippen molar-refractivity contribution >= 4 is 15.9 Å². The third-order valence-corrected chi connectivity index (χ3v) is 3.59. The van der Waals surface area contributed by atoms with Crippen LogP contribution in [-0.4, -0.2) is 31.6 Å². The van der Waals surface area contributed by atoms with E-state index in [2.05, 4.69) is 35.1 Å². The van der Waals surface area contributed by atoms with Crippen LogP contribution < -0.4 is 5.32 Å². The number of hydrogen-bond donors (Lipinski definition) is 1. The SMILES string of the molecule is CNC(C)(C)C(c1cc(Br)ccc1F)N(C)C. The van der Waals surface area contributed by atoms with Gasteiger partial charge in [0, 0.05) is 15.6 Å². The molecule has 1 atom stereocenters. The normalized spacial score (nSPS) is 14.1. The van der Waals surface area contributed by atoms with Crippen LogP contribution in [0.3, 0.4) is 0 Å². The minimum Gasteiger partial charge on any atom is -0.313 e. The summed E-state index contributed by atoms with van der Waals surface area (Å²) in [5, 5.41) is 3.24. The van der Waals surface area contributed by atoms with Crippen LogP contribution in [0.2, 0.25) is 0 Å². The standard InChI is InChI=1S/C13H20BrFN2/c1-13(2,16-3)12(17(4)5)10-8-9(14)6-7-11(10)15/h6-8,12,16H,1-5H3. The lowest BCUT2D eigenvalue weighted by atomic mass is 9.87. The topological polar surface area (TPSA) is 15.3 Å². The van der Waals surface area contributed by atoms with Crippen LogP contribution in [0.15, 0.2) is 22.7 Å². The van der Waals surface area contributed by atoms with Gasteiger partial charge in [-0.1, -0.05) is 15.9 Å². The van der Waals surface area contributed by atoms with Gasteiger partial charge in [0.25, 0.3) is 0 Å². The minimum atomic E-state index is -0.217. The Morgan fingerprint density at radius 1 is 1.35 bits per heavy atom. The molecule has 0 bridgehead atoms. The Balaban J connectivity index is 3.28. The van der Waals surface area contributed by atoms with Gasteiger partial charge in [-0.05, 0) is 53.2 Å². The third kappa shape index (κ3) is 3.27. The zero-order valence-electron chi connectivity index (χ0n) is 11.0. The first-order valence-corrected chi connectivity index (χ1v) is 6.39. The molecule has 0 heterocycles. The molecule has 0 saturated heterocycles. The number of nitrogens with zero attached hydrogens (tertiary/aromatic N) is 1. The van der Waals surface area contributed by atoms with Crippen molar-refractivity contribution in [1.29, 1.82) is 0 Å². The monoisotopic (exact) mass is 302 g/mol. The average Bonchev–Trinajstić information content (AvgIpc) is 2.22. The molecular formula is C13H20BrFN2. The molecule has 4 heteroatoms. The lowest BCUT2D eigenvalue weighted by Crippen LogP contribution is -2.48. The second-order valence-corrected chi connectivity index (χ2v) is 5.92. The Labute approximate surface area is 111 Å². The van der Waals surface area contributed by atoms with Gasteiger partial charge in [-0.2, -0.15) is 0 Å². The van der Waals surface area contributed by atoms with Gasteiger partial charge >= 0.3 is 0 Å². The van der Waals surface area contributed by atoms with Crippen molar-refractivity contribution in [2.75, 3.05) is 21.1 Å². The maximum atomic E-state index is 14.0. The third-order valence-electron chi connectivity index (χ3n) is 3.10.